The zero-order chi connectivity index (χ0) is 18.7. The third-order valence-electron chi connectivity index (χ3n) is 5.12. The van der Waals surface area contributed by atoms with Gasteiger partial charge in [0.2, 0.25) is 0 Å². The fourth-order valence-electron chi connectivity index (χ4n) is 3.74. The monoisotopic (exact) mass is 475 g/mol. The molecular formula is C17H29N3O5Sn. The molecule has 0 bridgehead atoms. The van der Waals surface area contributed by atoms with Crippen LogP contribution < -0.4 is 11.4 Å². The number of hydrogen-bond donors (Lipinski definition) is 2. The second-order valence-electron chi connectivity index (χ2n) is 7.07. The Balaban J connectivity index is 1.88. The van der Waals surface area contributed by atoms with Crippen LogP contribution in [-0.2, 0) is 10.9 Å². The molecule has 3 heterocycles. The summed E-state index contributed by atoms with van der Waals surface area (Å²) in [7, 11) is 0. The Morgan fingerprint density at radius 3 is 2.46 bits per heavy atom. The number of rotatable bonds is 8. The van der Waals surface area contributed by atoms with Gasteiger partial charge < -0.3 is 0 Å². The molecule has 0 spiro atoms. The summed E-state index contributed by atoms with van der Waals surface area (Å²) in [6.45, 7) is 4.16. The first-order valence-corrected chi connectivity index (χ1v) is 15.9. The molecule has 3 N–H and O–H groups in total. The van der Waals surface area contributed by atoms with E-state index in [2.05, 4.69) is 18.8 Å². The van der Waals surface area contributed by atoms with Crippen molar-refractivity contribution in [2.45, 2.75) is 72.9 Å². The first kappa shape index (κ1) is 20.1. The molecular weight excluding hydrogens is 445 g/mol. The van der Waals surface area contributed by atoms with Gasteiger partial charge in [-0.05, 0) is 0 Å². The first-order valence-electron chi connectivity index (χ1n) is 9.50. The van der Waals surface area contributed by atoms with E-state index < -0.39 is 37.2 Å². The Morgan fingerprint density at radius 2 is 1.88 bits per heavy atom. The summed E-state index contributed by atoms with van der Waals surface area (Å²) < 4.78 is 22.4. The maximum atomic E-state index is 12.3. The van der Waals surface area contributed by atoms with Gasteiger partial charge in [0.1, 0.15) is 0 Å². The number of unbranched alkanes of at least 4 members (excludes halogenated alkanes) is 2. The van der Waals surface area contributed by atoms with Gasteiger partial charge in [0.25, 0.3) is 0 Å². The number of nitrogen functional groups attached to an aromatic ring is 1. The van der Waals surface area contributed by atoms with Crippen LogP contribution in [0.4, 0.5) is 5.82 Å². The van der Waals surface area contributed by atoms with Crippen LogP contribution in [0.5, 0.6) is 0 Å². The van der Waals surface area contributed by atoms with Gasteiger partial charge in [-0.15, -0.1) is 0 Å². The quantitative estimate of drug-likeness (QED) is 0.551. The molecule has 4 atom stereocenters. The van der Waals surface area contributed by atoms with Gasteiger partial charge in [0, 0.05) is 0 Å². The molecule has 0 aliphatic carbocycles. The number of nitrogens with two attached hydrogens (primary N) is 1. The number of nitrogens with zero attached hydrogens (tertiary/aromatic N) is 2. The third-order valence-corrected chi connectivity index (χ3v) is 15.5. The van der Waals surface area contributed by atoms with Crippen LogP contribution in [0.25, 0.3) is 0 Å². The van der Waals surface area contributed by atoms with E-state index in [0.717, 1.165) is 34.6 Å². The maximum absolute atomic E-state index is 12.3. The van der Waals surface area contributed by atoms with Crippen LogP contribution in [0, 0.1) is 0 Å². The molecule has 0 amide bonds. The Morgan fingerprint density at radius 1 is 1.23 bits per heavy atom. The van der Waals surface area contributed by atoms with Crippen LogP contribution in [0.2, 0.25) is 8.87 Å². The summed E-state index contributed by atoms with van der Waals surface area (Å²) in [6, 6.07) is 1.56. The van der Waals surface area contributed by atoms with Crippen LogP contribution in [0.1, 0.15) is 45.8 Å². The fraction of sp³-hybridized carbons (Fsp3) is 0.765. The van der Waals surface area contributed by atoms with E-state index in [9.17, 15) is 9.90 Å². The molecule has 1 aromatic heterocycles. The molecule has 146 valence electrons. The van der Waals surface area contributed by atoms with Crippen molar-refractivity contribution in [3.8, 4) is 0 Å². The van der Waals surface area contributed by atoms with Crippen molar-refractivity contribution in [1.29, 1.82) is 0 Å². The van der Waals surface area contributed by atoms with Crippen molar-refractivity contribution in [3.05, 3.63) is 22.7 Å². The molecule has 3 rings (SSSR count). The minimum absolute atomic E-state index is 0.165. The number of aliphatic hydroxyl groups excluding tert-OH is 1. The molecule has 8 nitrogen and oxygen atoms in total. The van der Waals surface area contributed by atoms with Gasteiger partial charge in [-0.25, -0.2) is 0 Å². The van der Waals surface area contributed by atoms with E-state index in [1.807, 2.05) is 0 Å². The Hall–Kier alpha value is -0.681. The zero-order valence-electron chi connectivity index (χ0n) is 15.5. The van der Waals surface area contributed by atoms with Crippen LogP contribution >= 0.6 is 0 Å². The predicted molar refractivity (Wildman–Crippen MR) is 98.8 cm³/mol. The average Bonchev–Trinajstić information content (AvgIpc) is 3.14. The van der Waals surface area contributed by atoms with Crippen LogP contribution in [0.15, 0.2) is 17.1 Å². The summed E-state index contributed by atoms with van der Waals surface area (Å²) in [5.41, 5.74) is 5.11. The van der Waals surface area contributed by atoms with Gasteiger partial charge >= 0.3 is 159 Å². The minimum atomic E-state index is -3.26. The molecule has 0 saturated carbocycles. The summed E-state index contributed by atoms with van der Waals surface area (Å²) in [6.07, 6.45) is 4.10. The summed E-state index contributed by atoms with van der Waals surface area (Å²) in [4.78, 5) is 16.0. The Kier molecular flexibility index (Phi) is 6.60. The van der Waals surface area contributed by atoms with Crippen molar-refractivity contribution in [1.82, 2.24) is 9.55 Å². The first-order chi connectivity index (χ1) is 12.5. The van der Waals surface area contributed by atoms with E-state index in [1.54, 1.807) is 12.3 Å². The number of anilines is 1. The number of ether oxygens (including phenoxy) is 1. The molecule has 2 fully saturated rings. The SMILES string of the molecule is CCC[CH2][Sn]1([CH2]CCC)[O][C@H]2[C@H]([O]1)[C@H](n1ccc(N)nc1=O)O[C@H]2CO. The van der Waals surface area contributed by atoms with Crippen molar-refractivity contribution in [2.24, 2.45) is 0 Å². The van der Waals surface area contributed by atoms with E-state index in [-0.39, 0.29) is 24.6 Å². The van der Waals surface area contributed by atoms with E-state index in [4.69, 9.17) is 16.6 Å². The molecule has 26 heavy (non-hydrogen) atoms. The molecule has 2 aliphatic heterocycles. The van der Waals surface area contributed by atoms with Crippen molar-refractivity contribution in [2.75, 3.05) is 12.3 Å². The fourth-order valence-corrected chi connectivity index (χ4v) is 15.4. The second-order valence-corrected chi connectivity index (χ2v) is 16.5. The molecule has 1 aromatic rings. The van der Waals surface area contributed by atoms with Crippen LogP contribution in [-0.4, -0.2) is 58.8 Å². The topological polar surface area (TPSA) is 109 Å². The van der Waals surface area contributed by atoms with Gasteiger partial charge in [-0.2, -0.15) is 0 Å². The Bertz CT molecular complexity index is 662. The second kappa shape index (κ2) is 8.55. The number of hydrogen-bond acceptors (Lipinski definition) is 7. The third kappa shape index (κ3) is 3.94. The van der Waals surface area contributed by atoms with Gasteiger partial charge in [-0.3, -0.25) is 0 Å². The number of aliphatic hydroxyl groups is 1. The van der Waals surface area contributed by atoms with Crippen LogP contribution in [0.3, 0.4) is 0 Å². The normalized spacial score (nSPS) is 29.8. The zero-order valence-corrected chi connectivity index (χ0v) is 18.3. The Labute approximate surface area is 158 Å². The van der Waals surface area contributed by atoms with E-state index >= 15 is 0 Å². The van der Waals surface area contributed by atoms with Gasteiger partial charge in [-0.1, -0.05) is 0 Å². The molecule has 0 unspecified atom stereocenters. The number of fused-ring (bicyclic) bond motifs is 1. The van der Waals surface area contributed by atoms with Crippen molar-refractivity contribution >= 4 is 25.0 Å². The summed E-state index contributed by atoms with van der Waals surface area (Å²) >= 11 is -3.26. The van der Waals surface area contributed by atoms with E-state index in [0.29, 0.717) is 0 Å². The molecule has 9 heteroatoms. The summed E-state index contributed by atoms with van der Waals surface area (Å²) in [5, 5.41) is 9.75. The summed E-state index contributed by atoms with van der Waals surface area (Å²) in [5.74, 6) is 0.169. The van der Waals surface area contributed by atoms with Crippen molar-refractivity contribution in [3.63, 3.8) is 0 Å². The standard InChI is InChI=1S/C9H11N3O5.2C4H9.Sn/c10-5-1-2-12(9(16)11-5)8-7(15)6(14)4(3-13)17-8;2*1-3-4-2;/h1-2,4,6-8,13H,3H2,(H2,10,11,16);2*1,3-4H2,2H3;/q-2;;;+2/t4-,6+,7-,8+;;;/m0.../s1. The predicted octanol–water partition coefficient (Wildman–Crippen LogP) is 1.54. The van der Waals surface area contributed by atoms with Crippen molar-refractivity contribution < 1.29 is 16.0 Å². The molecule has 0 radical (unpaired) electrons. The van der Waals surface area contributed by atoms with Gasteiger partial charge in [0.05, 0.1) is 0 Å². The average molecular weight is 474 g/mol. The molecule has 2 saturated heterocycles. The van der Waals surface area contributed by atoms with E-state index in [1.165, 1.54) is 4.57 Å². The number of aromatic nitrogens is 2. The molecule has 2 aliphatic rings. The molecule has 0 aromatic carbocycles. The van der Waals surface area contributed by atoms with Gasteiger partial charge in [0.15, 0.2) is 0 Å².